The number of aromatic nitrogens is 3. The van der Waals surface area contributed by atoms with Crippen molar-refractivity contribution in [3.63, 3.8) is 0 Å². The number of pyridine rings is 1. The van der Waals surface area contributed by atoms with Gasteiger partial charge in [0.25, 0.3) is 0 Å². The third-order valence-electron chi connectivity index (χ3n) is 3.90. The van der Waals surface area contributed by atoms with E-state index in [0.29, 0.717) is 12.2 Å². The normalized spacial score (nSPS) is 13.7. The van der Waals surface area contributed by atoms with Crippen LogP contribution in [0, 0.1) is 0 Å². The maximum atomic E-state index is 11.9. The Morgan fingerprint density at radius 3 is 2.68 bits per heavy atom. The zero-order valence-electron chi connectivity index (χ0n) is 13.8. The molecule has 0 spiro atoms. The molecule has 25 heavy (non-hydrogen) atoms. The highest BCUT2D eigenvalue weighted by atomic mass is 16.2. The van der Waals surface area contributed by atoms with Crippen LogP contribution in [0.3, 0.4) is 0 Å². The first-order valence-electron chi connectivity index (χ1n) is 8.15. The number of nitrogens with one attached hydrogen (secondary N) is 2. The highest BCUT2D eigenvalue weighted by Crippen LogP contribution is 2.17. The van der Waals surface area contributed by atoms with E-state index in [1.165, 1.54) is 29.9 Å². The maximum absolute atomic E-state index is 11.9. The molecule has 3 rings (SSSR count). The number of carbonyl (C=O) groups excluding carboxylic acids is 2. The maximum Gasteiger partial charge on any atom is 0.319 e. The molecule has 3 heterocycles. The predicted molar refractivity (Wildman–Crippen MR) is 93.0 cm³/mol. The smallest absolute Gasteiger partial charge is 0.319 e. The molecule has 0 aromatic carbocycles. The van der Waals surface area contributed by atoms with E-state index in [2.05, 4.69) is 25.6 Å². The number of nitrogens with two attached hydrogens (primary N) is 1. The molecular formula is C16H21N7O2. The van der Waals surface area contributed by atoms with Gasteiger partial charge in [-0.25, -0.2) is 9.78 Å². The number of hydrogen-bond acceptors (Lipinski definition) is 5. The van der Waals surface area contributed by atoms with Gasteiger partial charge in [-0.15, -0.1) is 0 Å². The number of hydrogen-bond donors (Lipinski definition) is 3. The molecule has 0 aliphatic carbocycles. The van der Waals surface area contributed by atoms with Crippen LogP contribution in [-0.4, -0.2) is 39.8 Å². The Bertz CT molecular complexity index is 735. The zero-order valence-corrected chi connectivity index (χ0v) is 13.8. The second-order valence-electron chi connectivity index (χ2n) is 5.92. The number of urea groups is 1. The van der Waals surface area contributed by atoms with Gasteiger partial charge < -0.3 is 21.3 Å². The van der Waals surface area contributed by atoms with E-state index >= 15 is 0 Å². The standard InChI is InChI=1S/C16H21N7O2/c17-14(24)11-23-10-13(9-20-23)21-16(25)19-8-12-3-4-15(18-7-12)22-5-1-2-6-22/h3-4,7,9-10H,1-2,5-6,8,11H2,(H2,17,24)(H2,19,21,25). The van der Waals surface area contributed by atoms with Gasteiger partial charge in [-0.2, -0.15) is 5.10 Å². The van der Waals surface area contributed by atoms with Crippen molar-refractivity contribution in [1.82, 2.24) is 20.1 Å². The van der Waals surface area contributed by atoms with Crippen molar-refractivity contribution in [2.45, 2.75) is 25.9 Å². The van der Waals surface area contributed by atoms with Crippen molar-refractivity contribution in [3.05, 3.63) is 36.3 Å². The average Bonchev–Trinajstić information content (AvgIpc) is 3.25. The third kappa shape index (κ3) is 4.69. The van der Waals surface area contributed by atoms with Crippen molar-refractivity contribution in [3.8, 4) is 0 Å². The third-order valence-corrected chi connectivity index (χ3v) is 3.90. The van der Waals surface area contributed by atoms with Crippen molar-refractivity contribution in [2.75, 3.05) is 23.3 Å². The van der Waals surface area contributed by atoms with E-state index in [1.54, 1.807) is 6.20 Å². The molecule has 0 unspecified atom stereocenters. The zero-order chi connectivity index (χ0) is 17.6. The fourth-order valence-corrected chi connectivity index (χ4v) is 2.69. The number of anilines is 2. The quantitative estimate of drug-likeness (QED) is 0.713. The molecule has 3 amide bonds. The van der Waals surface area contributed by atoms with Crippen LogP contribution >= 0.6 is 0 Å². The Kier molecular flexibility index (Phi) is 5.12. The van der Waals surface area contributed by atoms with Gasteiger partial charge in [0.2, 0.25) is 5.91 Å². The molecule has 9 heteroatoms. The molecule has 1 fully saturated rings. The number of amides is 3. The highest BCUT2D eigenvalue weighted by Gasteiger charge is 2.13. The molecule has 2 aromatic heterocycles. The minimum Gasteiger partial charge on any atom is -0.368 e. The lowest BCUT2D eigenvalue weighted by atomic mass is 10.3. The number of carbonyl (C=O) groups is 2. The summed E-state index contributed by atoms with van der Waals surface area (Å²) < 4.78 is 1.36. The fourth-order valence-electron chi connectivity index (χ4n) is 2.69. The van der Waals surface area contributed by atoms with E-state index in [4.69, 9.17) is 5.73 Å². The molecule has 1 aliphatic rings. The van der Waals surface area contributed by atoms with Crippen LogP contribution in [-0.2, 0) is 17.9 Å². The number of primary amides is 1. The van der Waals surface area contributed by atoms with Crippen LogP contribution in [0.4, 0.5) is 16.3 Å². The first-order valence-corrected chi connectivity index (χ1v) is 8.15. The molecule has 0 bridgehead atoms. The minimum atomic E-state index is -0.496. The first-order chi connectivity index (χ1) is 12.1. The van der Waals surface area contributed by atoms with Crippen LogP contribution < -0.4 is 21.3 Å². The van der Waals surface area contributed by atoms with Crippen LogP contribution in [0.5, 0.6) is 0 Å². The highest BCUT2D eigenvalue weighted by molar-refractivity contribution is 5.88. The number of nitrogens with zero attached hydrogens (tertiary/aromatic N) is 4. The second-order valence-corrected chi connectivity index (χ2v) is 5.92. The molecule has 1 aliphatic heterocycles. The molecule has 0 atom stereocenters. The number of rotatable bonds is 6. The van der Waals surface area contributed by atoms with Crippen molar-refractivity contribution >= 4 is 23.4 Å². The Labute approximate surface area is 145 Å². The van der Waals surface area contributed by atoms with Gasteiger partial charge >= 0.3 is 6.03 Å². The SMILES string of the molecule is NC(=O)Cn1cc(NC(=O)NCc2ccc(N3CCCC3)nc2)cn1. The fraction of sp³-hybridized carbons (Fsp3) is 0.375. The van der Waals surface area contributed by atoms with E-state index in [-0.39, 0.29) is 12.6 Å². The van der Waals surface area contributed by atoms with Gasteiger partial charge in [0.1, 0.15) is 12.4 Å². The summed E-state index contributed by atoms with van der Waals surface area (Å²) in [5.74, 6) is 0.483. The van der Waals surface area contributed by atoms with Crippen LogP contribution in [0.1, 0.15) is 18.4 Å². The summed E-state index contributed by atoms with van der Waals surface area (Å²) in [5.41, 5.74) is 6.50. The Morgan fingerprint density at radius 1 is 1.20 bits per heavy atom. The average molecular weight is 343 g/mol. The second kappa shape index (κ2) is 7.65. The van der Waals surface area contributed by atoms with E-state index < -0.39 is 5.91 Å². The van der Waals surface area contributed by atoms with Crippen LogP contribution in [0.2, 0.25) is 0 Å². The van der Waals surface area contributed by atoms with Crippen LogP contribution in [0.15, 0.2) is 30.7 Å². The summed E-state index contributed by atoms with van der Waals surface area (Å²) in [4.78, 5) is 29.4. The van der Waals surface area contributed by atoms with E-state index in [1.807, 2.05) is 12.1 Å². The lowest BCUT2D eigenvalue weighted by molar-refractivity contribution is -0.118. The molecule has 2 aromatic rings. The summed E-state index contributed by atoms with van der Waals surface area (Å²) in [7, 11) is 0. The molecule has 1 saturated heterocycles. The van der Waals surface area contributed by atoms with Gasteiger partial charge in [0, 0.05) is 32.0 Å². The molecular weight excluding hydrogens is 322 g/mol. The molecule has 0 saturated carbocycles. The summed E-state index contributed by atoms with van der Waals surface area (Å²) in [5, 5.41) is 9.34. The van der Waals surface area contributed by atoms with Gasteiger partial charge in [0.15, 0.2) is 0 Å². The molecule has 9 nitrogen and oxygen atoms in total. The van der Waals surface area contributed by atoms with E-state index in [0.717, 1.165) is 24.5 Å². The van der Waals surface area contributed by atoms with Gasteiger partial charge in [-0.3, -0.25) is 9.48 Å². The van der Waals surface area contributed by atoms with Crippen LogP contribution in [0.25, 0.3) is 0 Å². The largest absolute Gasteiger partial charge is 0.368 e. The lowest BCUT2D eigenvalue weighted by Gasteiger charge is -2.16. The van der Waals surface area contributed by atoms with Gasteiger partial charge in [-0.05, 0) is 24.5 Å². The predicted octanol–water partition coefficient (Wildman–Crippen LogP) is 0.685. The first kappa shape index (κ1) is 16.7. The Hall–Kier alpha value is -3.10. The summed E-state index contributed by atoms with van der Waals surface area (Å²) >= 11 is 0. The molecule has 132 valence electrons. The van der Waals surface area contributed by atoms with Crippen molar-refractivity contribution in [1.29, 1.82) is 0 Å². The summed E-state index contributed by atoms with van der Waals surface area (Å²) in [6.07, 6.45) is 7.19. The van der Waals surface area contributed by atoms with Gasteiger partial charge in [0.05, 0.1) is 11.9 Å². The van der Waals surface area contributed by atoms with Crippen molar-refractivity contribution < 1.29 is 9.59 Å². The lowest BCUT2D eigenvalue weighted by Crippen LogP contribution is -2.28. The molecule has 4 N–H and O–H groups in total. The topological polar surface area (TPSA) is 118 Å². The van der Waals surface area contributed by atoms with E-state index in [9.17, 15) is 9.59 Å². The monoisotopic (exact) mass is 343 g/mol. The molecule has 0 radical (unpaired) electrons. The van der Waals surface area contributed by atoms with Crippen molar-refractivity contribution in [2.24, 2.45) is 5.73 Å². The Morgan fingerprint density at radius 2 is 2.00 bits per heavy atom. The minimum absolute atomic E-state index is 0.0294. The summed E-state index contributed by atoms with van der Waals surface area (Å²) in [6, 6.07) is 3.59. The summed E-state index contributed by atoms with van der Waals surface area (Å²) in [6.45, 7) is 2.44. The van der Waals surface area contributed by atoms with Gasteiger partial charge in [-0.1, -0.05) is 6.07 Å². The Balaban J connectivity index is 1.47.